The SMILES string of the molecule is OC(CNC1CC1)c1cccc2c1OCCC2. The quantitative estimate of drug-likeness (QED) is 0.833. The Bertz CT molecular complexity index is 401. The lowest BCUT2D eigenvalue weighted by atomic mass is 9.99. The molecule has 1 aliphatic heterocycles. The van der Waals surface area contributed by atoms with Crippen LogP contribution >= 0.6 is 0 Å². The van der Waals surface area contributed by atoms with Gasteiger partial charge in [0.2, 0.25) is 0 Å². The van der Waals surface area contributed by atoms with Gasteiger partial charge in [-0.15, -0.1) is 0 Å². The standard InChI is InChI=1S/C14H19NO2/c16-13(9-15-11-6-7-11)12-5-1-3-10-4-2-8-17-14(10)12/h1,3,5,11,13,15-16H,2,4,6-9H2. The second-order valence-electron chi connectivity index (χ2n) is 4.99. The average Bonchev–Trinajstić information content (AvgIpc) is 3.19. The molecule has 2 aliphatic rings. The van der Waals surface area contributed by atoms with Crippen molar-refractivity contribution in [3.63, 3.8) is 0 Å². The van der Waals surface area contributed by atoms with E-state index in [9.17, 15) is 5.11 Å². The van der Waals surface area contributed by atoms with E-state index in [1.165, 1.54) is 18.4 Å². The zero-order valence-electron chi connectivity index (χ0n) is 9.98. The zero-order valence-corrected chi connectivity index (χ0v) is 9.98. The Morgan fingerprint density at radius 2 is 2.29 bits per heavy atom. The van der Waals surface area contributed by atoms with Crippen LogP contribution in [0.5, 0.6) is 5.75 Å². The molecule has 1 fully saturated rings. The Labute approximate surface area is 102 Å². The second-order valence-corrected chi connectivity index (χ2v) is 4.99. The highest BCUT2D eigenvalue weighted by molar-refractivity contribution is 5.44. The summed E-state index contributed by atoms with van der Waals surface area (Å²) in [5, 5.41) is 13.6. The van der Waals surface area contributed by atoms with Gasteiger partial charge < -0.3 is 15.2 Å². The fourth-order valence-electron chi connectivity index (χ4n) is 2.35. The first kappa shape index (κ1) is 11.1. The van der Waals surface area contributed by atoms with E-state index in [0.717, 1.165) is 30.8 Å². The fraction of sp³-hybridized carbons (Fsp3) is 0.571. The summed E-state index contributed by atoms with van der Waals surface area (Å²) in [5.74, 6) is 0.920. The number of aliphatic hydroxyl groups excluding tert-OH is 1. The van der Waals surface area contributed by atoms with Crippen molar-refractivity contribution in [3.05, 3.63) is 29.3 Å². The number of ether oxygens (including phenoxy) is 1. The van der Waals surface area contributed by atoms with Crippen LogP contribution in [0.25, 0.3) is 0 Å². The summed E-state index contributed by atoms with van der Waals surface area (Å²) in [7, 11) is 0. The first-order valence-corrected chi connectivity index (χ1v) is 6.50. The number of aryl methyl sites for hydroxylation is 1. The molecule has 1 saturated carbocycles. The van der Waals surface area contributed by atoms with Crippen molar-refractivity contribution in [1.29, 1.82) is 0 Å². The minimum Gasteiger partial charge on any atom is -0.493 e. The van der Waals surface area contributed by atoms with E-state index in [1.54, 1.807) is 0 Å². The van der Waals surface area contributed by atoms with Gasteiger partial charge in [-0.1, -0.05) is 18.2 Å². The molecule has 92 valence electrons. The Morgan fingerprint density at radius 1 is 1.41 bits per heavy atom. The van der Waals surface area contributed by atoms with Gasteiger partial charge in [-0.25, -0.2) is 0 Å². The number of para-hydroxylation sites is 1. The van der Waals surface area contributed by atoms with Crippen molar-refractivity contribution in [2.24, 2.45) is 0 Å². The predicted octanol–water partition coefficient (Wildman–Crippen LogP) is 1.80. The van der Waals surface area contributed by atoms with Crippen molar-refractivity contribution in [3.8, 4) is 5.75 Å². The third-order valence-electron chi connectivity index (χ3n) is 3.50. The van der Waals surface area contributed by atoms with Crippen molar-refractivity contribution in [2.75, 3.05) is 13.2 Å². The van der Waals surface area contributed by atoms with Crippen LogP contribution in [0, 0.1) is 0 Å². The second kappa shape index (κ2) is 4.67. The minimum atomic E-state index is -0.455. The van der Waals surface area contributed by atoms with Gasteiger partial charge >= 0.3 is 0 Å². The smallest absolute Gasteiger partial charge is 0.128 e. The first-order valence-electron chi connectivity index (χ1n) is 6.50. The van der Waals surface area contributed by atoms with Gasteiger partial charge in [0.1, 0.15) is 5.75 Å². The van der Waals surface area contributed by atoms with Gasteiger partial charge in [-0.05, 0) is 31.2 Å². The molecular weight excluding hydrogens is 214 g/mol. The van der Waals surface area contributed by atoms with Crippen LogP contribution in [0.1, 0.15) is 36.5 Å². The molecule has 1 atom stereocenters. The maximum atomic E-state index is 10.2. The molecule has 2 N–H and O–H groups in total. The highest BCUT2D eigenvalue weighted by atomic mass is 16.5. The van der Waals surface area contributed by atoms with E-state index >= 15 is 0 Å². The summed E-state index contributed by atoms with van der Waals surface area (Å²) in [6.07, 6.45) is 4.18. The van der Waals surface area contributed by atoms with Gasteiger partial charge in [-0.2, -0.15) is 0 Å². The van der Waals surface area contributed by atoms with Crippen LogP contribution < -0.4 is 10.1 Å². The summed E-state index contributed by atoms with van der Waals surface area (Å²) in [4.78, 5) is 0. The molecule has 0 bridgehead atoms. The average molecular weight is 233 g/mol. The number of hydrogen-bond acceptors (Lipinski definition) is 3. The fourth-order valence-corrected chi connectivity index (χ4v) is 2.35. The number of nitrogens with one attached hydrogen (secondary N) is 1. The number of aliphatic hydroxyl groups is 1. The summed E-state index contributed by atoms with van der Waals surface area (Å²) in [6, 6.07) is 6.72. The molecule has 3 heteroatoms. The lowest BCUT2D eigenvalue weighted by molar-refractivity contribution is 0.166. The molecule has 1 heterocycles. The molecule has 1 aromatic carbocycles. The molecule has 0 spiro atoms. The zero-order chi connectivity index (χ0) is 11.7. The highest BCUT2D eigenvalue weighted by Crippen LogP contribution is 2.33. The molecule has 3 nitrogen and oxygen atoms in total. The number of hydrogen-bond donors (Lipinski definition) is 2. The maximum Gasteiger partial charge on any atom is 0.128 e. The molecule has 3 rings (SSSR count). The van der Waals surface area contributed by atoms with Crippen LogP contribution in [-0.4, -0.2) is 24.3 Å². The molecule has 17 heavy (non-hydrogen) atoms. The Kier molecular flexibility index (Phi) is 3.04. The van der Waals surface area contributed by atoms with E-state index in [2.05, 4.69) is 11.4 Å². The summed E-state index contributed by atoms with van der Waals surface area (Å²) < 4.78 is 5.71. The molecule has 0 radical (unpaired) electrons. The van der Waals surface area contributed by atoms with Crippen LogP contribution in [0.3, 0.4) is 0 Å². The molecular formula is C14H19NO2. The minimum absolute atomic E-state index is 0.455. The van der Waals surface area contributed by atoms with E-state index in [-0.39, 0.29) is 0 Å². The van der Waals surface area contributed by atoms with Crippen molar-refractivity contribution >= 4 is 0 Å². The number of fused-ring (bicyclic) bond motifs is 1. The molecule has 1 aromatic rings. The largest absolute Gasteiger partial charge is 0.493 e. The lowest BCUT2D eigenvalue weighted by Gasteiger charge is -2.23. The first-order chi connectivity index (χ1) is 8.34. The van der Waals surface area contributed by atoms with Gasteiger partial charge in [0, 0.05) is 18.2 Å². The van der Waals surface area contributed by atoms with Gasteiger partial charge in [-0.3, -0.25) is 0 Å². The molecule has 0 aromatic heterocycles. The van der Waals surface area contributed by atoms with Crippen LogP contribution in [0.15, 0.2) is 18.2 Å². The van der Waals surface area contributed by atoms with E-state index in [1.807, 2.05) is 12.1 Å². The Hall–Kier alpha value is -1.06. The lowest BCUT2D eigenvalue weighted by Crippen LogP contribution is -2.24. The van der Waals surface area contributed by atoms with E-state index in [0.29, 0.717) is 12.6 Å². The van der Waals surface area contributed by atoms with Crippen LogP contribution in [-0.2, 0) is 6.42 Å². The normalized spacial score (nSPS) is 20.5. The molecule has 1 aliphatic carbocycles. The van der Waals surface area contributed by atoms with E-state index < -0.39 is 6.10 Å². The predicted molar refractivity (Wildman–Crippen MR) is 66.2 cm³/mol. The van der Waals surface area contributed by atoms with Gasteiger partial charge in [0.05, 0.1) is 12.7 Å². The summed E-state index contributed by atoms with van der Waals surface area (Å²) in [5.41, 5.74) is 2.18. The summed E-state index contributed by atoms with van der Waals surface area (Å²) >= 11 is 0. The Balaban J connectivity index is 1.75. The monoisotopic (exact) mass is 233 g/mol. The summed E-state index contributed by atoms with van der Waals surface area (Å²) in [6.45, 7) is 1.40. The van der Waals surface area contributed by atoms with Crippen LogP contribution in [0.2, 0.25) is 0 Å². The third-order valence-corrected chi connectivity index (χ3v) is 3.50. The topological polar surface area (TPSA) is 41.5 Å². The maximum absolute atomic E-state index is 10.2. The van der Waals surface area contributed by atoms with Gasteiger partial charge in [0.15, 0.2) is 0 Å². The van der Waals surface area contributed by atoms with Gasteiger partial charge in [0.25, 0.3) is 0 Å². The Morgan fingerprint density at radius 3 is 3.12 bits per heavy atom. The van der Waals surface area contributed by atoms with Crippen molar-refractivity contribution < 1.29 is 9.84 Å². The van der Waals surface area contributed by atoms with Crippen LogP contribution in [0.4, 0.5) is 0 Å². The molecule has 1 unspecified atom stereocenters. The molecule has 0 amide bonds. The van der Waals surface area contributed by atoms with Crippen molar-refractivity contribution in [2.45, 2.75) is 37.8 Å². The number of rotatable bonds is 4. The van der Waals surface area contributed by atoms with E-state index in [4.69, 9.17) is 4.74 Å². The van der Waals surface area contributed by atoms with Crippen molar-refractivity contribution in [1.82, 2.24) is 5.32 Å². The third kappa shape index (κ3) is 2.45. The number of benzene rings is 1. The molecule has 0 saturated heterocycles. The highest BCUT2D eigenvalue weighted by Gasteiger charge is 2.24.